The van der Waals surface area contributed by atoms with E-state index in [0.717, 1.165) is 0 Å². The van der Waals surface area contributed by atoms with Gasteiger partial charge >= 0.3 is 0 Å². The second kappa shape index (κ2) is 4.37. The summed E-state index contributed by atoms with van der Waals surface area (Å²) in [7, 11) is 0. The summed E-state index contributed by atoms with van der Waals surface area (Å²) in [6, 6.07) is 0.824. The minimum Gasteiger partial charge on any atom is -0.396 e. The standard InChI is InChI=1S/C9H7ClF4O/c10-6-4-8(12)7(11)3-5(6)9(13,14)1-2-15/h3-4,15H,1-2H2. The van der Waals surface area contributed by atoms with Crippen molar-refractivity contribution in [2.24, 2.45) is 0 Å². The van der Waals surface area contributed by atoms with Crippen LogP contribution in [0.25, 0.3) is 0 Å². The largest absolute Gasteiger partial charge is 0.396 e. The van der Waals surface area contributed by atoms with Crippen LogP contribution in [0.3, 0.4) is 0 Å². The predicted molar refractivity (Wildman–Crippen MR) is 47.0 cm³/mol. The Labute approximate surface area is 88.3 Å². The fourth-order valence-corrected chi connectivity index (χ4v) is 1.37. The van der Waals surface area contributed by atoms with Crippen molar-refractivity contribution >= 4 is 11.6 Å². The Hall–Kier alpha value is -0.810. The van der Waals surface area contributed by atoms with Gasteiger partial charge in [-0.05, 0) is 12.1 Å². The van der Waals surface area contributed by atoms with Crippen LogP contribution >= 0.6 is 11.6 Å². The van der Waals surface area contributed by atoms with Crippen molar-refractivity contribution in [3.63, 3.8) is 0 Å². The summed E-state index contributed by atoms with van der Waals surface area (Å²) in [6.07, 6.45) is -0.891. The van der Waals surface area contributed by atoms with Crippen LogP contribution in [0.4, 0.5) is 17.6 Å². The Morgan fingerprint density at radius 3 is 2.27 bits per heavy atom. The number of hydrogen-bond donors (Lipinski definition) is 1. The Kier molecular flexibility index (Phi) is 3.57. The van der Waals surface area contributed by atoms with E-state index in [1.165, 1.54) is 0 Å². The number of halogens is 5. The van der Waals surface area contributed by atoms with E-state index in [1.807, 2.05) is 0 Å². The van der Waals surface area contributed by atoms with Gasteiger partial charge in [0.15, 0.2) is 11.6 Å². The summed E-state index contributed by atoms with van der Waals surface area (Å²) < 4.78 is 51.7. The van der Waals surface area contributed by atoms with Gasteiger partial charge < -0.3 is 5.11 Å². The van der Waals surface area contributed by atoms with E-state index in [-0.39, 0.29) is 0 Å². The minimum absolute atomic E-state index is 0.341. The Morgan fingerprint density at radius 1 is 1.20 bits per heavy atom. The van der Waals surface area contributed by atoms with Crippen molar-refractivity contribution in [2.45, 2.75) is 12.3 Å². The lowest BCUT2D eigenvalue weighted by molar-refractivity contribution is -0.0271. The molecule has 15 heavy (non-hydrogen) atoms. The van der Waals surface area contributed by atoms with Crippen LogP contribution in [0, 0.1) is 11.6 Å². The molecule has 0 radical (unpaired) electrons. The highest BCUT2D eigenvalue weighted by molar-refractivity contribution is 6.31. The van der Waals surface area contributed by atoms with Gasteiger partial charge in [-0.25, -0.2) is 17.6 Å². The lowest BCUT2D eigenvalue weighted by Crippen LogP contribution is -2.16. The maximum atomic E-state index is 13.2. The highest BCUT2D eigenvalue weighted by atomic mass is 35.5. The Balaban J connectivity index is 3.19. The molecule has 1 N–H and O–H groups in total. The number of aliphatic hydroxyl groups is 1. The third-order valence-corrected chi connectivity index (χ3v) is 2.14. The van der Waals surface area contributed by atoms with Gasteiger partial charge in [-0.1, -0.05) is 11.6 Å². The van der Waals surface area contributed by atoms with Crippen molar-refractivity contribution in [3.05, 3.63) is 34.4 Å². The fraction of sp³-hybridized carbons (Fsp3) is 0.333. The van der Waals surface area contributed by atoms with Crippen LogP contribution in [0.5, 0.6) is 0 Å². The molecular weight excluding hydrogens is 236 g/mol. The molecule has 0 bridgehead atoms. The molecule has 0 amide bonds. The highest BCUT2D eigenvalue weighted by Crippen LogP contribution is 2.36. The van der Waals surface area contributed by atoms with E-state index in [2.05, 4.69) is 0 Å². The second-order valence-corrected chi connectivity index (χ2v) is 3.33. The zero-order valence-corrected chi connectivity index (χ0v) is 8.16. The lowest BCUT2D eigenvalue weighted by Gasteiger charge is -2.16. The van der Waals surface area contributed by atoms with Gasteiger partial charge in [-0.15, -0.1) is 0 Å². The van der Waals surface area contributed by atoms with Crippen LogP contribution in [-0.2, 0) is 5.92 Å². The Bertz CT molecular complexity index is 367. The van der Waals surface area contributed by atoms with E-state index in [1.54, 1.807) is 0 Å². The first-order chi connectivity index (χ1) is 6.88. The molecule has 0 aliphatic carbocycles. The molecule has 0 unspecified atom stereocenters. The van der Waals surface area contributed by atoms with Crippen molar-refractivity contribution in [3.8, 4) is 0 Å². The highest BCUT2D eigenvalue weighted by Gasteiger charge is 2.34. The van der Waals surface area contributed by atoms with E-state index in [9.17, 15) is 17.6 Å². The Morgan fingerprint density at radius 2 is 1.73 bits per heavy atom. The molecule has 0 saturated carbocycles. The normalized spacial score (nSPS) is 11.9. The van der Waals surface area contributed by atoms with Gasteiger partial charge in [0.25, 0.3) is 5.92 Å². The van der Waals surface area contributed by atoms with E-state index < -0.39 is 41.2 Å². The maximum absolute atomic E-state index is 13.2. The molecule has 84 valence electrons. The number of benzene rings is 1. The lowest BCUT2D eigenvalue weighted by atomic mass is 10.1. The molecule has 1 nitrogen and oxygen atoms in total. The van der Waals surface area contributed by atoms with Gasteiger partial charge in [0.05, 0.1) is 5.02 Å². The summed E-state index contributed by atoms with van der Waals surface area (Å²) in [6.45, 7) is -0.775. The molecule has 0 atom stereocenters. The van der Waals surface area contributed by atoms with Crippen molar-refractivity contribution in [1.29, 1.82) is 0 Å². The van der Waals surface area contributed by atoms with Crippen LogP contribution in [0.15, 0.2) is 12.1 Å². The van der Waals surface area contributed by atoms with Gasteiger partial charge in [0.2, 0.25) is 0 Å². The predicted octanol–water partition coefficient (Wildman–Crippen LogP) is 3.09. The van der Waals surface area contributed by atoms with Crippen LogP contribution < -0.4 is 0 Å². The zero-order valence-electron chi connectivity index (χ0n) is 7.41. The van der Waals surface area contributed by atoms with Gasteiger partial charge in [0, 0.05) is 18.6 Å². The topological polar surface area (TPSA) is 20.2 Å². The van der Waals surface area contributed by atoms with Crippen LogP contribution in [0.2, 0.25) is 5.02 Å². The average Bonchev–Trinajstić information content (AvgIpc) is 2.11. The monoisotopic (exact) mass is 242 g/mol. The van der Waals surface area contributed by atoms with Crippen LogP contribution in [0.1, 0.15) is 12.0 Å². The first-order valence-corrected chi connectivity index (χ1v) is 4.40. The van der Waals surface area contributed by atoms with E-state index >= 15 is 0 Å². The van der Waals surface area contributed by atoms with Gasteiger partial charge in [-0.2, -0.15) is 0 Å². The number of alkyl halides is 2. The molecular formula is C9H7ClF4O. The second-order valence-electron chi connectivity index (χ2n) is 2.92. The molecule has 0 aliphatic heterocycles. The SMILES string of the molecule is OCCC(F)(F)c1cc(F)c(F)cc1Cl. The molecule has 1 aromatic rings. The van der Waals surface area contributed by atoms with E-state index in [4.69, 9.17) is 16.7 Å². The molecule has 6 heteroatoms. The van der Waals surface area contributed by atoms with Gasteiger partial charge in [0.1, 0.15) is 0 Å². The molecule has 1 rings (SSSR count). The summed E-state index contributed by atoms with van der Waals surface area (Å²) >= 11 is 5.35. The minimum atomic E-state index is -3.47. The molecule has 0 aliphatic rings. The zero-order chi connectivity index (χ0) is 11.6. The molecule has 0 aromatic heterocycles. The summed E-state index contributed by atoms with van der Waals surface area (Å²) in [5.74, 6) is -6.16. The first-order valence-electron chi connectivity index (χ1n) is 4.02. The first kappa shape index (κ1) is 12.3. The molecule has 0 spiro atoms. The number of aliphatic hydroxyl groups excluding tert-OH is 1. The molecule has 0 saturated heterocycles. The maximum Gasteiger partial charge on any atom is 0.276 e. The summed E-state index contributed by atoms with van der Waals surface area (Å²) in [5.41, 5.74) is -0.822. The van der Waals surface area contributed by atoms with Crippen molar-refractivity contribution in [2.75, 3.05) is 6.61 Å². The van der Waals surface area contributed by atoms with Crippen molar-refractivity contribution < 1.29 is 22.7 Å². The van der Waals surface area contributed by atoms with Gasteiger partial charge in [-0.3, -0.25) is 0 Å². The fourth-order valence-electron chi connectivity index (χ4n) is 1.08. The number of rotatable bonds is 3. The number of hydrogen-bond acceptors (Lipinski definition) is 1. The molecule has 1 aromatic carbocycles. The summed E-state index contributed by atoms with van der Waals surface area (Å²) in [4.78, 5) is 0. The average molecular weight is 243 g/mol. The smallest absolute Gasteiger partial charge is 0.276 e. The molecule has 0 fully saturated rings. The summed E-state index contributed by atoms with van der Waals surface area (Å²) in [5, 5.41) is 7.82. The van der Waals surface area contributed by atoms with Crippen molar-refractivity contribution in [1.82, 2.24) is 0 Å². The quantitative estimate of drug-likeness (QED) is 0.638. The third-order valence-electron chi connectivity index (χ3n) is 1.83. The molecule has 0 heterocycles. The van der Waals surface area contributed by atoms with E-state index in [0.29, 0.717) is 12.1 Å². The third kappa shape index (κ3) is 2.60. The van der Waals surface area contributed by atoms with Crippen LogP contribution in [-0.4, -0.2) is 11.7 Å².